The van der Waals surface area contributed by atoms with Crippen molar-refractivity contribution >= 4 is 49.3 Å². The minimum absolute atomic E-state index is 0.217. The van der Waals surface area contributed by atoms with E-state index >= 15 is 0 Å². The van der Waals surface area contributed by atoms with Crippen molar-refractivity contribution in [1.82, 2.24) is 19.3 Å². The van der Waals surface area contributed by atoms with Crippen LogP contribution in [0.1, 0.15) is 23.2 Å². The van der Waals surface area contributed by atoms with E-state index in [0.29, 0.717) is 28.3 Å². The topological polar surface area (TPSA) is 91.0 Å². The third-order valence-electron chi connectivity index (χ3n) is 7.24. The molecule has 8 nitrogen and oxygen atoms in total. The molecule has 0 spiro atoms. The SMILES string of the molecule is O=C(O)c1c(=O)c2cnc(N3CC4CN(C5CC5)CC4C3)nc2n2c1sc1ccccc12. The largest absolute Gasteiger partial charge is 0.477 e. The summed E-state index contributed by atoms with van der Waals surface area (Å²) in [7, 11) is 0. The Balaban J connectivity index is 1.38. The van der Waals surface area contributed by atoms with Gasteiger partial charge in [0.05, 0.1) is 15.6 Å². The first-order valence-electron chi connectivity index (χ1n) is 11.0. The van der Waals surface area contributed by atoms with E-state index in [2.05, 4.69) is 14.8 Å². The Hall–Kier alpha value is -3.04. The second kappa shape index (κ2) is 6.49. The smallest absolute Gasteiger partial charge is 0.342 e. The number of carboxylic acids is 1. The lowest BCUT2D eigenvalue weighted by Crippen LogP contribution is -2.31. The monoisotopic (exact) mass is 447 g/mol. The summed E-state index contributed by atoms with van der Waals surface area (Å²) in [5.74, 6) is 0.664. The lowest BCUT2D eigenvalue weighted by Gasteiger charge is -2.21. The molecule has 2 atom stereocenters. The quantitative estimate of drug-likeness (QED) is 0.516. The van der Waals surface area contributed by atoms with Crippen LogP contribution in [-0.2, 0) is 0 Å². The van der Waals surface area contributed by atoms with Gasteiger partial charge in [-0.1, -0.05) is 12.1 Å². The number of likely N-dealkylation sites (tertiary alicyclic amines) is 1. The van der Waals surface area contributed by atoms with Crippen molar-refractivity contribution in [2.24, 2.45) is 11.8 Å². The number of para-hydroxylation sites is 1. The third kappa shape index (κ3) is 2.58. The van der Waals surface area contributed by atoms with Gasteiger partial charge < -0.3 is 10.0 Å². The Bertz CT molecular complexity index is 1480. The van der Waals surface area contributed by atoms with Gasteiger partial charge in [0, 0.05) is 38.4 Å². The number of aromatic nitrogens is 3. The number of hydrogen-bond acceptors (Lipinski definition) is 7. The van der Waals surface area contributed by atoms with Crippen molar-refractivity contribution in [2.75, 3.05) is 31.1 Å². The first-order chi connectivity index (χ1) is 15.6. The maximum Gasteiger partial charge on any atom is 0.342 e. The van der Waals surface area contributed by atoms with Crippen LogP contribution in [0.25, 0.3) is 26.1 Å². The average Bonchev–Trinajstić information content (AvgIpc) is 3.27. The standard InChI is InChI=1S/C23H21N5O3S/c29-19-15-7-24-23(27-10-12-8-26(14-5-6-14)9-13(12)11-27)25-20(15)28-16-3-1-2-4-17(16)32-21(28)18(19)22(30)31/h1-4,7,12-14H,5-6,8-11H2,(H,30,31). The average molecular weight is 448 g/mol. The number of anilines is 1. The fourth-order valence-electron chi connectivity index (χ4n) is 5.56. The molecule has 1 aromatic carbocycles. The van der Waals surface area contributed by atoms with Crippen molar-refractivity contribution in [2.45, 2.75) is 18.9 Å². The minimum Gasteiger partial charge on any atom is -0.477 e. The maximum absolute atomic E-state index is 13.1. The zero-order valence-electron chi connectivity index (χ0n) is 17.3. The summed E-state index contributed by atoms with van der Waals surface area (Å²) < 4.78 is 2.73. The molecule has 2 saturated heterocycles. The molecule has 9 heteroatoms. The molecule has 7 rings (SSSR count). The van der Waals surface area contributed by atoms with Crippen molar-refractivity contribution in [1.29, 1.82) is 0 Å². The molecule has 0 bridgehead atoms. The van der Waals surface area contributed by atoms with Gasteiger partial charge in [0.25, 0.3) is 0 Å². The lowest BCUT2D eigenvalue weighted by molar-refractivity contribution is 0.0697. The molecule has 0 radical (unpaired) electrons. The zero-order chi connectivity index (χ0) is 21.6. The van der Waals surface area contributed by atoms with Gasteiger partial charge in [-0.05, 0) is 36.8 Å². The molecule has 3 aliphatic rings. The van der Waals surface area contributed by atoms with Gasteiger partial charge in [0.1, 0.15) is 10.4 Å². The molecule has 2 unspecified atom stereocenters. The van der Waals surface area contributed by atoms with Crippen LogP contribution in [0.2, 0.25) is 0 Å². The molecular formula is C23H21N5O3S. The van der Waals surface area contributed by atoms with Crippen LogP contribution >= 0.6 is 11.3 Å². The highest BCUT2D eigenvalue weighted by atomic mass is 32.1. The zero-order valence-corrected chi connectivity index (χ0v) is 18.1. The summed E-state index contributed by atoms with van der Waals surface area (Å²) in [6.45, 7) is 4.16. The van der Waals surface area contributed by atoms with Gasteiger partial charge in [0.2, 0.25) is 11.4 Å². The van der Waals surface area contributed by atoms with E-state index in [1.165, 1.54) is 30.4 Å². The van der Waals surface area contributed by atoms with E-state index in [1.54, 1.807) is 0 Å². The summed E-state index contributed by atoms with van der Waals surface area (Å²) in [4.78, 5) is 39.7. The minimum atomic E-state index is -1.22. The molecule has 5 heterocycles. The molecule has 1 saturated carbocycles. The molecule has 32 heavy (non-hydrogen) atoms. The summed E-state index contributed by atoms with van der Waals surface area (Å²) in [6.07, 6.45) is 4.19. The van der Waals surface area contributed by atoms with Crippen LogP contribution in [0.15, 0.2) is 35.3 Å². The van der Waals surface area contributed by atoms with E-state index in [1.807, 2.05) is 28.7 Å². The normalized spacial score (nSPS) is 23.6. The molecule has 3 fully saturated rings. The van der Waals surface area contributed by atoms with Gasteiger partial charge >= 0.3 is 5.97 Å². The number of carbonyl (C=O) groups is 1. The highest BCUT2D eigenvalue weighted by Gasteiger charge is 2.44. The fourth-order valence-corrected chi connectivity index (χ4v) is 6.74. The van der Waals surface area contributed by atoms with E-state index in [4.69, 9.17) is 4.98 Å². The number of carboxylic acid groups (broad SMARTS) is 1. The molecule has 2 aliphatic heterocycles. The van der Waals surface area contributed by atoms with Crippen molar-refractivity contribution in [3.05, 3.63) is 46.2 Å². The number of hydrogen-bond donors (Lipinski definition) is 1. The highest BCUT2D eigenvalue weighted by molar-refractivity contribution is 7.24. The van der Waals surface area contributed by atoms with E-state index in [-0.39, 0.29) is 10.9 Å². The van der Waals surface area contributed by atoms with Crippen LogP contribution in [0, 0.1) is 11.8 Å². The van der Waals surface area contributed by atoms with Crippen molar-refractivity contribution in [3.63, 3.8) is 0 Å². The van der Waals surface area contributed by atoms with Crippen LogP contribution < -0.4 is 10.3 Å². The number of pyridine rings is 1. The summed E-state index contributed by atoms with van der Waals surface area (Å²) in [5.41, 5.74) is 0.590. The summed E-state index contributed by atoms with van der Waals surface area (Å²) in [5, 5.41) is 10.0. The molecule has 162 valence electrons. The summed E-state index contributed by atoms with van der Waals surface area (Å²) in [6, 6.07) is 8.50. The predicted octanol–water partition coefficient (Wildman–Crippen LogP) is 2.69. The second-order valence-electron chi connectivity index (χ2n) is 9.24. The molecule has 1 aliphatic carbocycles. The fraction of sp³-hybridized carbons (Fsp3) is 0.391. The Morgan fingerprint density at radius 2 is 1.84 bits per heavy atom. The second-order valence-corrected chi connectivity index (χ2v) is 10.3. The Kier molecular flexibility index (Phi) is 3.76. The Morgan fingerprint density at radius 3 is 2.56 bits per heavy atom. The molecule has 1 N–H and O–H groups in total. The number of rotatable bonds is 3. The van der Waals surface area contributed by atoms with Crippen LogP contribution in [0.4, 0.5) is 5.95 Å². The van der Waals surface area contributed by atoms with E-state index in [9.17, 15) is 14.7 Å². The number of nitrogens with zero attached hydrogens (tertiary/aromatic N) is 5. The first-order valence-corrected chi connectivity index (χ1v) is 11.9. The van der Waals surface area contributed by atoms with Gasteiger partial charge in [0.15, 0.2) is 5.65 Å². The summed E-state index contributed by atoms with van der Waals surface area (Å²) >= 11 is 1.31. The highest BCUT2D eigenvalue weighted by Crippen LogP contribution is 2.39. The van der Waals surface area contributed by atoms with Crippen molar-refractivity contribution in [3.8, 4) is 0 Å². The van der Waals surface area contributed by atoms with Crippen molar-refractivity contribution < 1.29 is 9.90 Å². The van der Waals surface area contributed by atoms with Gasteiger partial charge in [-0.15, -0.1) is 11.3 Å². The van der Waals surface area contributed by atoms with Crippen LogP contribution in [-0.4, -0.2) is 62.6 Å². The molecule has 3 aromatic heterocycles. The van der Waals surface area contributed by atoms with E-state index in [0.717, 1.165) is 42.4 Å². The first kappa shape index (κ1) is 18.5. The maximum atomic E-state index is 13.1. The van der Waals surface area contributed by atoms with Gasteiger partial charge in [-0.2, -0.15) is 4.98 Å². The van der Waals surface area contributed by atoms with Crippen LogP contribution in [0.3, 0.4) is 0 Å². The van der Waals surface area contributed by atoms with E-state index < -0.39 is 11.4 Å². The Morgan fingerprint density at radius 1 is 1.09 bits per heavy atom. The molecule has 0 amide bonds. The number of fused-ring (bicyclic) bond motifs is 6. The number of aromatic carboxylic acids is 1. The Labute approximate surface area is 186 Å². The van der Waals surface area contributed by atoms with Gasteiger partial charge in [-0.25, -0.2) is 9.78 Å². The number of benzene rings is 1. The third-order valence-corrected chi connectivity index (χ3v) is 8.39. The predicted molar refractivity (Wildman–Crippen MR) is 123 cm³/mol. The van der Waals surface area contributed by atoms with Crippen LogP contribution in [0.5, 0.6) is 0 Å². The van der Waals surface area contributed by atoms with Gasteiger partial charge in [-0.3, -0.25) is 14.1 Å². The lowest BCUT2D eigenvalue weighted by atomic mass is 10.0. The molecular weight excluding hydrogens is 426 g/mol. The number of thiazole rings is 1. The molecule has 4 aromatic rings.